The van der Waals surface area contributed by atoms with E-state index < -0.39 is 0 Å². The van der Waals surface area contributed by atoms with E-state index in [9.17, 15) is 4.79 Å². The highest BCUT2D eigenvalue weighted by Crippen LogP contribution is 2.30. The topological polar surface area (TPSA) is 55.6 Å². The van der Waals surface area contributed by atoms with Crippen molar-refractivity contribution in [3.8, 4) is 0 Å². The lowest BCUT2D eigenvalue weighted by Gasteiger charge is -2.45. The first-order valence-electron chi connectivity index (χ1n) is 8.27. The zero-order valence-electron chi connectivity index (χ0n) is 14.6. The molecule has 134 valence electrons. The predicted octanol–water partition coefficient (Wildman–Crippen LogP) is 3.61. The number of benzene rings is 2. The summed E-state index contributed by atoms with van der Waals surface area (Å²) < 4.78 is 6.02. The van der Waals surface area contributed by atoms with E-state index in [4.69, 9.17) is 10.5 Å². The SMILES string of the molecule is CC1(C)COC(c2ccccc2)CN1C(=O)Cc1ccc(N)cc1.Cl. The molecule has 1 atom stereocenters. The lowest BCUT2D eigenvalue weighted by atomic mass is 9.97. The van der Waals surface area contributed by atoms with E-state index >= 15 is 0 Å². The van der Waals surface area contributed by atoms with Gasteiger partial charge in [0.15, 0.2) is 0 Å². The fraction of sp³-hybridized carbons (Fsp3) is 0.350. The highest BCUT2D eigenvalue weighted by atomic mass is 35.5. The van der Waals surface area contributed by atoms with E-state index in [1.165, 1.54) is 0 Å². The molecule has 25 heavy (non-hydrogen) atoms. The number of hydrogen-bond donors (Lipinski definition) is 1. The maximum absolute atomic E-state index is 12.9. The molecule has 0 bridgehead atoms. The molecule has 3 rings (SSSR count). The summed E-state index contributed by atoms with van der Waals surface area (Å²) >= 11 is 0. The van der Waals surface area contributed by atoms with Gasteiger partial charge in [-0.1, -0.05) is 42.5 Å². The summed E-state index contributed by atoms with van der Waals surface area (Å²) in [6.45, 7) is 5.20. The third kappa shape index (κ3) is 4.53. The van der Waals surface area contributed by atoms with Crippen molar-refractivity contribution in [1.82, 2.24) is 4.90 Å². The van der Waals surface area contributed by atoms with Crippen LogP contribution in [-0.2, 0) is 16.0 Å². The first-order chi connectivity index (χ1) is 11.5. The molecule has 2 N–H and O–H groups in total. The third-order valence-electron chi connectivity index (χ3n) is 4.52. The number of ether oxygens (including phenoxy) is 1. The van der Waals surface area contributed by atoms with E-state index in [-0.39, 0.29) is 30.0 Å². The summed E-state index contributed by atoms with van der Waals surface area (Å²) in [6, 6.07) is 17.6. The summed E-state index contributed by atoms with van der Waals surface area (Å²) in [7, 11) is 0. The van der Waals surface area contributed by atoms with Gasteiger partial charge in [-0.15, -0.1) is 12.4 Å². The number of carbonyl (C=O) groups is 1. The number of nitrogens with zero attached hydrogens (tertiary/aromatic N) is 1. The van der Waals surface area contributed by atoms with Gasteiger partial charge in [0.1, 0.15) is 6.10 Å². The molecule has 0 aromatic heterocycles. The van der Waals surface area contributed by atoms with Crippen LogP contribution in [0.3, 0.4) is 0 Å². The van der Waals surface area contributed by atoms with Crippen LogP contribution in [0.5, 0.6) is 0 Å². The van der Waals surface area contributed by atoms with Crippen LogP contribution in [0.1, 0.15) is 31.1 Å². The summed E-state index contributed by atoms with van der Waals surface area (Å²) in [5.41, 5.74) is 8.20. The van der Waals surface area contributed by atoms with Gasteiger partial charge in [-0.25, -0.2) is 0 Å². The molecule has 1 aliphatic rings. The van der Waals surface area contributed by atoms with Gasteiger partial charge in [-0.05, 0) is 37.1 Å². The summed E-state index contributed by atoms with van der Waals surface area (Å²) in [4.78, 5) is 14.8. The lowest BCUT2D eigenvalue weighted by molar-refractivity contribution is -0.154. The maximum atomic E-state index is 12.9. The number of carbonyl (C=O) groups excluding carboxylic acids is 1. The van der Waals surface area contributed by atoms with Crippen molar-refractivity contribution in [2.75, 3.05) is 18.9 Å². The number of anilines is 1. The van der Waals surface area contributed by atoms with Gasteiger partial charge >= 0.3 is 0 Å². The molecule has 0 radical (unpaired) electrons. The zero-order chi connectivity index (χ0) is 17.2. The molecule has 1 aliphatic heterocycles. The summed E-state index contributed by atoms with van der Waals surface area (Å²) in [5.74, 6) is 0.119. The van der Waals surface area contributed by atoms with Gasteiger partial charge in [0, 0.05) is 5.69 Å². The van der Waals surface area contributed by atoms with Crippen molar-refractivity contribution in [2.24, 2.45) is 0 Å². The minimum atomic E-state index is -0.309. The number of hydrogen-bond acceptors (Lipinski definition) is 3. The Kier molecular flexibility index (Phi) is 6.09. The van der Waals surface area contributed by atoms with Crippen molar-refractivity contribution in [3.63, 3.8) is 0 Å². The molecule has 1 unspecified atom stereocenters. The van der Waals surface area contributed by atoms with Crippen molar-refractivity contribution < 1.29 is 9.53 Å². The quantitative estimate of drug-likeness (QED) is 0.850. The van der Waals surface area contributed by atoms with Crippen LogP contribution in [0, 0.1) is 0 Å². The van der Waals surface area contributed by atoms with Gasteiger partial charge in [-0.2, -0.15) is 0 Å². The number of rotatable bonds is 3. The minimum Gasteiger partial charge on any atom is -0.399 e. The van der Waals surface area contributed by atoms with Crippen molar-refractivity contribution in [3.05, 3.63) is 65.7 Å². The number of morpholine rings is 1. The Morgan fingerprint density at radius 3 is 2.44 bits per heavy atom. The van der Waals surface area contributed by atoms with Crippen LogP contribution in [0.25, 0.3) is 0 Å². The Balaban J connectivity index is 0.00000225. The molecule has 4 nitrogen and oxygen atoms in total. The van der Waals surface area contributed by atoms with Gasteiger partial charge in [0.25, 0.3) is 0 Å². The van der Waals surface area contributed by atoms with Crippen LogP contribution in [0.4, 0.5) is 5.69 Å². The molecule has 0 saturated carbocycles. The van der Waals surface area contributed by atoms with Gasteiger partial charge in [-0.3, -0.25) is 4.79 Å². The van der Waals surface area contributed by atoms with Crippen molar-refractivity contribution in [1.29, 1.82) is 0 Å². The van der Waals surface area contributed by atoms with Gasteiger partial charge < -0.3 is 15.4 Å². The van der Waals surface area contributed by atoms with E-state index in [2.05, 4.69) is 13.8 Å². The van der Waals surface area contributed by atoms with Gasteiger partial charge in [0.05, 0.1) is 25.1 Å². The molecule has 1 saturated heterocycles. The van der Waals surface area contributed by atoms with Crippen LogP contribution < -0.4 is 5.73 Å². The Morgan fingerprint density at radius 2 is 1.80 bits per heavy atom. The minimum absolute atomic E-state index is 0. The van der Waals surface area contributed by atoms with E-state index in [1.807, 2.05) is 59.5 Å². The molecule has 1 amide bonds. The second-order valence-corrected chi connectivity index (χ2v) is 6.95. The Bertz CT molecular complexity index is 701. The first-order valence-corrected chi connectivity index (χ1v) is 8.27. The Hall–Kier alpha value is -2.04. The molecular weight excluding hydrogens is 336 g/mol. The van der Waals surface area contributed by atoms with Gasteiger partial charge in [0.2, 0.25) is 5.91 Å². The van der Waals surface area contributed by atoms with E-state index in [0.29, 0.717) is 25.3 Å². The predicted molar refractivity (Wildman–Crippen MR) is 103 cm³/mol. The lowest BCUT2D eigenvalue weighted by Crippen LogP contribution is -2.56. The van der Waals surface area contributed by atoms with Crippen molar-refractivity contribution in [2.45, 2.75) is 31.9 Å². The number of nitrogens with two attached hydrogens (primary N) is 1. The molecule has 2 aromatic rings. The molecule has 1 fully saturated rings. The number of halogens is 1. The molecule has 0 spiro atoms. The third-order valence-corrected chi connectivity index (χ3v) is 4.52. The average Bonchev–Trinajstić information content (AvgIpc) is 2.57. The largest absolute Gasteiger partial charge is 0.399 e. The molecule has 2 aromatic carbocycles. The maximum Gasteiger partial charge on any atom is 0.227 e. The summed E-state index contributed by atoms with van der Waals surface area (Å²) in [6.07, 6.45) is 0.306. The van der Waals surface area contributed by atoms with Crippen LogP contribution in [0.15, 0.2) is 54.6 Å². The molecule has 1 heterocycles. The average molecular weight is 361 g/mol. The second kappa shape index (κ2) is 7.89. The second-order valence-electron chi connectivity index (χ2n) is 6.95. The van der Waals surface area contributed by atoms with Crippen LogP contribution in [-0.4, -0.2) is 29.5 Å². The monoisotopic (exact) mass is 360 g/mol. The molecular formula is C20H25ClN2O2. The van der Waals surface area contributed by atoms with Crippen molar-refractivity contribution >= 4 is 24.0 Å². The Morgan fingerprint density at radius 1 is 1.16 bits per heavy atom. The molecule has 5 heteroatoms. The normalized spacial score (nSPS) is 19.1. The fourth-order valence-electron chi connectivity index (χ4n) is 3.06. The summed E-state index contributed by atoms with van der Waals surface area (Å²) in [5, 5.41) is 0. The van der Waals surface area contributed by atoms with E-state index in [0.717, 1.165) is 11.1 Å². The fourth-order valence-corrected chi connectivity index (χ4v) is 3.06. The highest BCUT2D eigenvalue weighted by molar-refractivity contribution is 5.85. The zero-order valence-corrected chi connectivity index (χ0v) is 15.5. The Labute approximate surface area is 155 Å². The standard InChI is InChI=1S/C20H24N2O2.ClH/c1-20(2)14-24-18(16-6-4-3-5-7-16)13-22(20)19(23)12-15-8-10-17(21)11-9-15;/h3-11,18H,12-14,21H2,1-2H3;1H. The smallest absolute Gasteiger partial charge is 0.227 e. The first kappa shape index (κ1) is 19.3. The highest BCUT2D eigenvalue weighted by Gasteiger charge is 2.38. The van der Waals surface area contributed by atoms with Crippen LogP contribution >= 0.6 is 12.4 Å². The van der Waals surface area contributed by atoms with Crippen LogP contribution in [0.2, 0.25) is 0 Å². The number of amides is 1. The molecule has 0 aliphatic carbocycles. The van der Waals surface area contributed by atoms with E-state index in [1.54, 1.807) is 0 Å². The number of nitrogen functional groups attached to an aromatic ring is 1.